The average Bonchev–Trinajstić information content (AvgIpc) is 3.01. The second-order valence-corrected chi connectivity index (χ2v) is 10.4. The number of carbonyl (C=O) groups is 1. The smallest absolute Gasteiger partial charge is 0.411 e. The standard InChI is InChI=1S/C22H31FIN3O2/c1-14(2)18(27(13-22(6,7)23)20(28)29-21(3,4)5)19-25-12-17(26-19)15-8-10-16(24)11-9-15/h8-12,14,18H,13H2,1-7H3,(H,25,26)/t18-/m0/s1. The van der Waals surface area contributed by atoms with Crippen molar-refractivity contribution in [3.63, 3.8) is 0 Å². The molecule has 1 atom stereocenters. The van der Waals surface area contributed by atoms with E-state index < -0.39 is 23.4 Å². The van der Waals surface area contributed by atoms with E-state index in [1.165, 1.54) is 18.7 Å². The van der Waals surface area contributed by atoms with E-state index in [0.29, 0.717) is 5.82 Å². The Morgan fingerprint density at radius 3 is 2.28 bits per heavy atom. The van der Waals surface area contributed by atoms with Gasteiger partial charge >= 0.3 is 6.09 Å². The van der Waals surface area contributed by atoms with Crippen molar-refractivity contribution < 1.29 is 13.9 Å². The lowest BCUT2D eigenvalue weighted by Crippen LogP contribution is -2.46. The van der Waals surface area contributed by atoms with Crippen LogP contribution in [0.15, 0.2) is 30.5 Å². The highest BCUT2D eigenvalue weighted by molar-refractivity contribution is 14.1. The fourth-order valence-corrected chi connectivity index (χ4v) is 3.44. The van der Waals surface area contributed by atoms with E-state index in [1.807, 2.05) is 44.3 Å². The van der Waals surface area contributed by atoms with Crippen LogP contribution in [0.25, 0.3) is 11.3 Å². The minimum absolute atomic E-state index is 0.000546. The number of rotatable bonds is 6. The molecule has 2 rings (SSSR count). The largest absolute Gasteiger partial charge is 0.444 e. The fourth-order valence-electron chi connectivity index (χ4n) is 3.08. The predicted octanol–water partition coefficient (Wildman–Crippen LogP) is 6.36. The van der Waals surface area contributed by atoms with E-state index in [2.05, 4.69) is 27.6 Å². The molecule has 1 aromatic heterocycles. The van der Waals surface area contributed by atoms with Gasteiger partial charge in [-0.25, -0.2) is 14.2 Å². The maximum absolute atomic E-state index is 14.6. The van der Waals surface area contributed by atoms with Gasteiger partial charge in [0.15, 0.2) is 0 Å². The summed E-state index contributed by atoms with van der Waals surface area (Å²) >= 11 is 2.26. The lowest BCUT2D eigenvalue weighted by atomic mass is 10.00. The van der Waals surface area contributed by atoms with E-state index in [-0.39, 0.29) is 12.5 Å². The Labute approximate surface area is 186 Å². The highest BCUT2D eigenvalue weighted by Gasteiger charge is 2.37. The fraction of sp³-hybridized carbons (Fsp3) is 0.545. The first kappa shape index (κ1) is 23.6. The van der Waals surface area contributed by atoms with Crippen molar-refractivity contribution in [1.82, 2.24) is 14.9 Å². The second kappa shape index (κ2) is 9.02. The SMILES string of the molecule is CC(C)[C@@H](c1nc(-c2ccc(I)cc2)c[nH]1)N(CC(C)(C)F)C(=O)OC(C)(C)C. The molecule has 29 heavy (non-hydrogen) atoms. The van der Waals surface area contributed by atoms with E-state index >= 15 is 0 Å². The van der Waals surface area contributed by atoms with E-state index in [0.717, 1.165) is 14.8 Å². The number of ether oxygens (including phenoxy) is 1. The Hall–Kier alpha value is -1.64. The molecule has 1 heterocycles. The van der Waals surface area contributed by atoms with Crippen LogP contribution >= 0.6 is 22.6 Å². The van der Waals surface area contributed by atoms with Gasteiger partial charge in [-0.2, -0.15) is 0 Å². The molecule has 0 aliphatic carbocycles. The molecule has 0 saturated carbocycles. The van der Waals surface area contributed by atoms with E-state index in [4.69, 9.17) is 9.72 Å². The molecule has 2 aromatic rings. The van der Waals surface area contributed by atoms with Crippen LogP contribution in [-0.2, 0) is 4.74 Å². The summed E-state index contributed by atoms with van der Waals surface area (Å²) < 4.78 is 21.3. The van der Waals surface area contributed by atoms with Crippen molar-refractivity contribution >= 4 is 28.7 Å². The summed E-state index contributed by atoms with van der Waals surface area (Å²) in [4.78, 5) is 22.3. The molecule has 0 aliphatic heterocycles. The molecule has 0 bridgehead atoms. The van der Waals surface area contributed by atoms with Crippen LogP contribution in [0.1, 0.15) is 60.3 Å². The van der Waals surface area contributed by atoms with Crippen molar-refractivity contribution in [2.45, 2.75) is 65.8 Å². The van der Waals surface area contributed by atoms with Gasteiger partial charge in [-0.3, -0.25) is 4.90 Å². The van der Waals surface area contributed by atoms with Crippen LogP contribution < -0.4 is 0 Å². The summed E-state index contributed by atoms with van der Waals surface area (Å²) in [7, 11) is 0. The molecule has 0 radical (unpaired) electrons. The molecule has 0 fully saturated rings. The van der Waals surface area contributed by atoms with Crippen LogP contribution in [0.3, 0.4) is 0 Å². The Kier molecular flexibility index (Phi) is 7.35. The maximum atomic E-state index is 14.6. The van der Waals surface area contributed by atoms with Crippen molar-refractivity contribution in [3.8, 4) is 11.3 Å². The molecule has 1 amide bonds. The van der Waals surface area contributed by atoms with Gasteiger partial charge in [-0.05, 0) is 75.3 Å². The number of nitrogens with one attached hydrogen (secondary N) is 1. The number of halogens is 2. The first-order valence-electron chi connectivity index (χ1n) is 9.76. The first-order valence-corrected chi connectivity index (χ1v) is 10.8. The normalized spacial score (nSPS) is 13.4. The number of nitrogens with zero attached hydrogens (tertiary/aromatic N) is 2. The number of H-pyrrole nitrogens is 1. The third-order valence-corrected chi connectivity index (χ3v) is 4.88. The Morgan fingerprint density at radius 1 is 1.21 bits per heavy atom. The zero-order chi connectivity index (χ0) is 22.0. The molecular formula is C22H31FIN3O2. The van der Waals surface area contributed by atoms with Crippen LogP contribution in [0.4, 0.5) is 9.18 Å². The van der Waals surface area contributed by atoms with E-state index in [1.54, 1.807) is 20.8 Å². The van der Waals surface area contributed by atoms with Gasteiger partial charge in [0.05, 0.1) is 18.3 Å². The summed E-state index contributed by atoms with van der Waals surface area (Å²) in [5.41, 5.74) is -0.488. The molecule has 0 saturated heterocycles. The summed E-state index contributed by atoms with van der Waals surface area (Å²) in [6.07, 6.45) is 1.27. The van der Waals surface area contributed by atoms with Crippen LogP contribution in [0.5, 0.6) is 0 Å². The van der Waals surface area contributed by atoms with Crippen molar-refractivity contribution in [3.05, 3.63) is 39.9 Å². The third-order valence-electron chi connectivity index (χ3n) is 4.16. The topological polar surface area (TPSA) is 58.2 Å². The molecule has 0 unspecified atom stereocenters. The first-order chi connectivity index (χ1) is 13.3. The lowest BCUT2D eigenvalue weighted by molar-refractivity contribution is -0.00439. The number of amides is 1. The van der Waals surface area contributed by atoms with E-state index in [9.17, 15) is 9.18 Å². The monoisotopic (exact) mass is 515 g/mol. The molecule has 5 nitrogen and oxygen atoms in total. The van der Waals surface area contributed by atoms with Gasteiger partial charge in [-0.1, -0.05) is 26.0 Å². The number of hydrogen-bond acceptors (Lipinski definition) is 3. The average molecular weight is 515 g/mol. The zero-order valence-electron chi connectivity index (χ0n) is 18.2. The summed E-state index contributed by atoms with van der Waals surface area (Å²) in [6, 6.07) is 7.59. The Bertz CT molecular complexity index is 820. The van der Waals surface area contributed by atoms with Gasteiger partial charge < -0.3 is 9.72 Å². The number of imidazole rings is 1. The van der Waals surface area contributed by atoms with Crippen LogP contribution in [0.2, 0.25) is 0 Å². The van der Waals surface area contributed by atoms with Crippen LogP contribution in [-0.4, -0.2) is 38.8 Å². The number of aromatic amines is 1. The summed E-state index contributed by atoms with van der Waals surface area (Å²) in [5.74, 6) is 0.615. The van der Waals surface area contributed by atoms with Gasteiger partial charge in [0.25, 0.3) is 0 Å². The highest BCUT2D eigenvalue weighted by Crippen LogP contribution is 2.32. The number of alkyl halides is 1. The molecule has 0 aliphatic rings. The molecule has 0 spiro atoms. The predicted molar refractivity (Wildman–Crippen MR) is 122 cm³/mol. The number of aromatic nitrogens is 2. The minimum Gasteiger partial charge on any atom is -0.444 e. The minimum atomic E-state index is -1.57. The van der Waals surface area contributed by atoms with Gasteiger partial charge in [0.1, 0.15) is 17.1 Å². The number of hydrogen-bond donors (Lipinski definition) is 1. The summed E-state index contributed by atoms with van der Waals surface area (Å²) in [6.45, 7) is 12.2. The van der Waals surface area contributed by atoms with Crippen molar-refractivity contribution in [2.24, 2.45) is 5.92 Å². The van der Waals surface area contributed by atoms with Gasteiger partial charge in [0.2, 0.25) is 0 Å². The Morgan fingerprint density at radius 2 is 1.79 bits per heavy atom. The molecule has 7 heteroatoms. The van der Waals surface area contributed by atoms with Crippen LogP contribution in [0, 0.1) is 9.49 Å². The Balaban J connectivity index is 2.42. The third kappa shape index (κ3) is 6.97. The lowest BCUT2D eigenvalue weighted by Gasteiger charge is -2.37. The zero-order valence-corrected chi connectivity index (χ0v) is 20.4. The molecule has 1 aromatic carbocycles. The number of carbonyl (C=O) groups excluding carboxylic acids is 1. The number of benzene rings is 1. The van der Waals surface area contributed by atoms with Gasteiger partial charge in [0, 0.05) is 15.3 Å². The summed E-state index contributed by atoms with van der Waals surface area (Å²) in [5, 5.41) is 0. The molecular weight excluding hydrogens is 484 g/mol. The second-order valence-electron chi connectivity index (χ2n) is 9.19. The quantitative estimate of drug-likeness (QED) is 0.456. The van der Waals surface area contributed by atoms with Crippen molar-refractivity contribution in [2.75, 3.05) is 6.54 Å². The van der Waals surface area contributed by atoms with Gasteiger partial charge in [-0.15, -0.1) is 0 Å². The maximum Gasteiger partial charge on any atom is 0.411 e. The molecule has 160 valence electrons. The molecule has 1 N–H and O–H groups in total. The highest BCUT2D eigenvalue weighted by atomic mass is 127. The van der Waals surface area contributed by atoms with Crippen molar-refractivity contribution in [1.29, 1.82) is 0 Å².